The molecule has 0 aromatic heterocycles. The maximum Gasteiger partial charge on any atom is 0.164 e. The molecule has 4 atom stereocenters. The molecule has 0 saturated heterocycles. The van der Waals surface area contributed by atoms with E-state index in [1.54, 1.807) is 13.8 Å². The minimum Gasteiger partial charge on any atom is -0.394 e. The molecule has 0 spiro atoms. The molecular weight excluding hydrogens is 216 g/mol. The second kappa shape index (κ2) is 6.93. The summed E-state index contributed by atoms with van der Waals surface area (Å²) in [4.78, 5) is 11.3. The second-order valence-corrected chi connectivity index (χ2v) is 4.03. The normalized spacial score (nSPS) is 19.2. The zero-order chi connectivity index (χ0) is 12.9. The van der Waals surface area contributed by atoms with Gasteiger partial charge in [0.25, 0.3) is 0 Å². The predicted octanol–water partition coefficient (Wildman–Crippen LogP) is -2.00. The Hall–Kier alpha value is -0.530. The van der Waals surface area contributed by atoms with Crippen LogP contribution in [-0.2, 0) is 4.79 Å². The lowest BCUT2D eigenvalue weighted by atomic mass is 9.96. The molecule has 0 heterocycles. The fourth-order valence-corrected chi connectivity index (χ4v) is 1.17. The van der Waals surface area contributed by atoms with Gasteiger partial charge in [-0.2, -0.15) is 0 Å². The molecule has 0 unspecified atom stereocenters. The lowest BCUT2D eigenvalue weighted by Crippen LogP contribution is -2.48. The Morgan fingerprint density at radius 1 is 1.06 bits per heavy atom. The van der Waals surface area contributed by atoms with E-state index in [1.165, 1.54) is 0 Å². The highest BCUT2D eigenvalue weighted by atomic mass is 16.4. The summed E-state index contributed by atoms with van der Waals surface area (Å²) in [5, 5.41) is 45.6. The van der Waals surface area contributed by atoms with Crippen molar-refractivity contribution in [1.29, 1.82) is 0 Å². The van der Waals surface area contributed by atoms with Gasteiger partial charge >= 0.3 is 0 Å². The van der Waals surface area contributed by atoms with E-state index in [2.05, 4.69) is 0 Å². The highest BCUT2D eigenvalue weighted by Crippen LogP contribution is 2.11. The predicted molar refractivity (Wildman–Crippen MR) is 55.3 cm³/mol. The van der Waals surface area contributed by atoms with Gasteiger partial charge in [0.05, 0.1) is 6.61 Å². The number of aliphatic hydroxyl groups excluding tert-OH is 5. The maximum atomic E-state index is 11.3. The maximum absolute atomic E-state index is 11.3. The topological polar surface area (TPSA) is 118 Å². The number of hydrogen-bond acceptors (Lipinski definition) is 6. The average molecular weight is 235 g/mol. The van der Waals surface area contributed by atoms with Crippen molar-refractivity contribution in [2.45, 2.75) is 44.7 Å². The van der Waals surface area contributed by atoms with E-state index in [0.29, 0.717) is 0 Å². The van der Waals surface area contributed by atoms with Crippen LogP contribution < -0.4 is 0 Å². The van der Waals surface area contributed by atoms with E-state index >= 15 is 0 Å². The van der Waals surface area contributed by atoms with Crippen molar-refractivity contribution in [2.75, 3.05) is 6.61 Å². The second-order valence-electron chi connectivity index (χ2n) is 4.03. The molecule has 0 bridgehead atoms. The monoisotopic (exact) mass is 235 g/mol. The Bertz CT molecular complexity index is 217. The number of carbonyl (C=O) groups is 1. The first-order valence-corrected chi connectivity index (χ1v) is 4.96. The molecule has 0 aliphatic heterocycles. The van der Waals surface area contributed by atoms with Crippen molar-refractivity contribution in [1.82, 2.24) is 0 Å². The van der Waals surface area contributed by atoms with E-state index in [4.69, 9.17) is 10.2 Å². The number of Topliss-reactive ketones (excluding diaryl/α,β-unsaturated/α-hetero) is 1. The molecule has 5 N–H and O–H groups in total. The lowest BCUT2D eigenvalue weighted by molar-refractivity contribution is -0.146. The Balaban J connectivity index is 4.36. The van der Waals surface area contributed by atoms with E-state index in [-0.39, 0.29) is 6.42 Å². The van der Waals surface area contributed by atoms with Crippen LogP contribution in [0, 0.1) is 5.92 Å². The molecule has 0 saturated carbocycles. The van der Waals surface area contributed by atoms with Crippen molar-refractivity contribution >= 4 is 5.78 Å². The van der Waals surface area contributed by atoms with Crippen LogP contribution in [0.3, 0.4) is 0 Å². The number of aliphatic hydroxyl groups is 5. The van der Waals surface area contributed by atoms with Gasteiger partial charge in [0.15, 0.2) is 5.78 Å². The summed E-state index contributed by atoms with van der Waals surface area (Å²) in [7, 11) is 0. The van der Waals surface area contributed by atoms with Gasteiger partial charge in [-0.1, -0.05) is 13.8 Å². The largest absolute Gasteiger partial charge is 0.394 e. The average Bonchev–Trinajstić information content (AvgIpc) is 2.23. The van der Waals surface area contributed by atoms with E-state index in [0.717, 1.165) is 5.92 Å². The highest BCUT2D eigenvalue weighted by Gasteiger charge is 2.33. The van der Waals surface area contributed by atoms with Crippen LogP contribution in [0.2, 0.25) is 0 Å². The molecular formula is C10H19O6. The van der Waals surface area contributed by atoms with Crippen LogP contribution in [0.1, 0.15) is 20.3 Å². The summed E-state index contributed by atoms with van der Waals surface area (Å²) < 4.78 is 0. The Morgan fingerprint density at radius 2 is 1.56 bits per heavy atom. The number of carbonyl (C=O) groups excluding carboxylic acids is 1. The molecule has 0 aromatic carbocycles. The van der Waals surface area contributed by atoms with Crippen molar-refractivity contribution in [3.8, 4) is 0 Å². The minimum absolute atomic E-state index is 0.0137. The van der Waals surface area contributed by atoms with Crippen LogP contribution in [0.5, 0.6) is 0 Å². The molecule has 1 radical (unpaired) electrons. The molecule has 0 aromatic rings. The van der Waals surface area contributed by atoms with Crippen LogP contribution >= 0.6 is 0 Å². The number of rotatable bonds is 7. The summed E-state index contributed by atoms with van der Waals surface area (Å²) in [6, 6.07) is 0. The van der Waals surface area contributed by atoms with Gasteiger partial charge in [0, 0.05) is 6.42 Å². The third kappa shape index (κ3) is 4.54. The molecule has 6 nitrogen and oxygen atoms in total. The van der Waals surface area contributed by atoms with E-state index in [1.807, 2.05) is 0 Å². The Kier molecular flexibility index (Phi) is 6.70. The van der Waals surface area contributed by atoms with E-state index in [9.17, 15) is 20.1 Å². The van der Waals surface area contributed by atoms with E-state index < -0.39 is 36.8 Å². The molecule has 0 amide bonds. The van der Waals surface area contributed by atoms with Crippen LogP contribution in [0.4, 0.5) is 0 Å². The number of hydrogen-bond donors (Lipinski definition) is 5. The minimum atomic E-state index is -1.81. The van der Waals surface area contributed by atoms with Crippen molar-refractivity contribution in [2.24, 2.45) is 0 Å². The zero-order valence-corrected chi connectivity index (χ0v) is 9.37. The highest BCUT2D eigenvalue weighted by molar-refractivity contribution is 5.84. The standard InChI is InChI=1S/C10H19O6/c1-5(2)3-6(12)8(14)10(16)9(15)7(13)4-11/h7-11,13-16H,3-4H2,1-2H3/t7-,8-,9-,10-/m1/s1. The van der Waals surface area contributed by atoms with Gasteiger partial charge in [-0.3, -0.25) is 4.79 Å². The first-order valence-electron chi connectivity index (χ1n) is 4.96. The smallest absolute Gasteiger partial charge is 0.164 e. The fourth-order valence-electron chi connectivity index (χ4n) is 1.17. The van der Waals surface area contributed by atoms with Gasteiger partial charge in [0.1, 0.15) is 24.4 Å². The molecule has 6 heteroatoms. The Morgan fingerprint density at radius 3 is 1.94 bits per heavy atom. The molecule has 95 valence electrons. The summed E-state index contributed by atoms with van der Waals surface area (Å²) in [6.45, 7) is 2.62. The van der Waals surface area contributed by atoms with Gasteiger partial charge in [0.2, 0.25) is 0 Å². The van der Waals surface area contributed by atoms with Crippen LogP contribution in [-0.4, -0.2) is 62.3 Å². The molecule has 0 aliphatic rings. The molecule has 0 fully saturated rings. The first-order chi connectivity index (χ1) is 7.31. The molecule has 0 rings (SSSR count). The van der Waals surface area contributed by atoms with Crippen molar-refractivity contribution in [3.63, 3.8) is 0 Å². The fraction of sp³-hybridized carbons (Fsp3) is 0.800. The summed E-state index contributed by atoms with van der Waals surface area (Å²) in [5.41, 5.74) is 0. The molecule has 16 heavy (non-hydrogen) atoms. The Labute approximate surface area is 94.2 Å². The lowest BCUT2D eigenvalue weighted by Gasteiger charge is -2.25. The van der Waals surface area contributed by atoms with Gasteiger partial charge in [-0.25, -0.2) is 0 Å². The summed E-state index contributed by atoms with van der Waals surface area (Å²) in [5.74, 6) is 0.116. The zero-order valence-electron chi connectivity index (χ0n) is 9.37. The van der Waals surface area contributed by atoms with Crippen molar-refractivity contribution in [3.05, 3.63) is 5.92 Å². The SMILES string of the molecule is C[C](C)CC(=O)[C@@H](O)[C@@H](O)[C@H](O)[C@H](O)CO. The van der Waals surface area contributed by atoms with Gasteiger partial charge in [-0.05, 0) is 5.92 Å². The quantitative estimate of drug-likeness (QED) is 0.348. The van der Waals surface area contributed by atoms with Crippen LogP contribution in [0.15, 0.2) is 0 Å². The number of ketones is 1. The van der Waals surface area contributed by atoms with Gasteiger partial charge in [-0.15, -0.1) is 0 Å². The van der Waals surface area contributed by atoms with Crippen LogP contribution in [0.25, 0.3) is 0 Å². The van der Waals surface area contributed by atoms with Gasteiger partial charge < -0.3 is 25.5 Å². The summed E-state index contributed by atoms with van der Waals surface area (Å²) in [6.07, 6.45) is -6.95. The third-order valence-corrected chi connectivity index (χ3v) is 2.11. The van der Waals surface area contributed by atoms with Crippen molar-refractivity contribution < 1.29 is 30.3 Å². The first kappa shape index (κ1) is 15.5. The third-order valence-electron chi connectivity index (χ3n) is 2.11. The summed E-state index contributed by atoms with van der Waals surface area (Å²) >= 11 is 0. The molecule has 0 aliphatic carbocycles.